The molecule has 8 heteroatoms. The Kier molecular flexibility index (Phi) is 6.18. The molecule has 1 N–H and O–H groups in total. The van der Waals surface area contributed by atoms with Gasteiger partial charge in [-0.2, -0.15) is 0 Å². The van der Waals surface area contributed by atoms with Gasteiger partial charge in [-0.3, -0.25) is 0 Å². The molecule has 0 bridgehead atoms. The monoisotopic (exact) mass is 410 g/mol. The molecule has 0 aromatic heterocycles. The van der Waals surface area contributed by atoms with Gasteiger partial charge in [0.2, 0.25) is 0 Å². The third-order valence-corrected chi connectivity index (χ3v) is 6.31. The summed E-state index contributed by atoms with van der Waals surface area (Å²) in [5, 5.41) is 7.94. The van der Waals surface area contributed by atoms with E-state index in [-0.39, 0.29) is 17.6 Å². The highest BCUT2D eigenvalue weighted by Gasteiger charge is 2.48. The van der Waals surface area contributed by atoms with Crippen LogP contribution in [0.1, 0.15) is 13.8 Å². The molecule has 4 atom stereocenters. The lowest BCUT2D eigenvalue weighted by molar-refractivity contribution is -0.163. The zero-order valence-electron chi connectivity index (χ0n) is 12.9. The van der Waals surface area contributed by atoms with Crippen molar-refractivity contribution in [2.24, 2.45) is 0 Å². The largest absolute Gasteiger partial charge is 0.394 e. The van der Waals surface area contributed by atoms with E-state index in [2.05, 4.69) is 15.9 Å². The highest BCUT2D eigenvalue weighted by molar-refractivity contribution is 9.10. The Bertz CT molecular complexity index is 619. The van der Waals surface area contributed by atoms with Crippen molar-refractivity contribution in [3.8, 4) is 0 Å². The van der Waals surface area contributed by atoms with Gasteiger partial charge in [-0.15, -0.1) is 0 Å². The molecular formula is C15H20BrFO5S. The summed E-state index contributed by atoms with van der Waals surface area (Å²) in [6, 6.07) is 6.01. The van der Waals surface area contributed by atoms with Gasteiger partial charge >= 0.3 is 0 Å². The van der Waals surface area contributed by atoms with Gasteiger partial charge in [0, 0.05) is 4.47 Å². The van der Waals surface area contributed by atoms with E-state index in [4.69, 9.17) is 9.47 Å². The fourth-order valence-corrected chi connectivity index (χ4v) is 4.40. The highest BCUT2D eigenvalue weighted by Crippen LogP contribution is 2.30. The van der Waals surface area contributed by atoms with Gasteiger partial charge in [-0.25, -0.2) is 12.8 Å². The molecule has 1 aromatic rings. The van der Waals surface area contributed by atoms with Gasteiger partial charge in [-0.1, -0.05) is 15.9 Å². The van der Waals surface area contributed by atoms with E-state index in [1.807, 2.05) is 0 Å². The fourth-order valence-electron chi connectivity index (χ4n) is 2.52. The van der Waals surface area contributed by atoms with Gasteiger partial charge in [-0.05, 0) is 38.1 Å². The van der Waals surface area contributed by atoms with Crippen molar-refractivity contribution in [2.75, 3.05) is 13.2 Å². The van der Waals surface area contributed by atoms with Crippen molar-refractivity contribution in [1.82, 2.24) is 0 Å². The number of hydrogen-bond acceptors (Lipinski definition) is 5. The lowest BCUT2D eigenvalue weighted by Gasteiger charge is -2.38. The third-order valence-electron chi connectivity index (χ3n) is 3.66. The predicted molar refractivity (Wildman–Crippen MR) is 86.8 cm³/mol. The van der Waals surface area contributed by atoms with Crippen molar-refractivity contribution in [1.29, 1.82) is 0 Å². The Morgan fingerprint density at radius 3 is 2.52 bits per heavy atom. The summed E-state index contributed by atoms with van der Waals surface area (Å²) in [6.07, 6.45) is -4.09. The van der Waals surface area contributed by atoms with E-state index in [0.29, 0.717) is 0 Å². The smallest absolute Gasteiger partial charge is 0.186 e. The average molecular weight is 411 g/mol. The maximum absolute atomic E-state index is 14.9. The number of aliphatic hydroxyl groups excluding tert-OH is 1. The average Bonchev–Trinajstić information content (AvgIpc) is 2.49. The van der Waals surface area contributed by atoms with E-state index in [1.54, 1.807) is 26.0 Å². The van der Waals surface area contributed by atoms with Gasteiger partial charge in [0.05, 0.1) is 24.2 Å². The van der Waals surface area contributed by atoms with Crippen LogP contribution in [0.15, 0.2) is 33.6 Å². The van der Waals surface area contributed by atoms with Gasteiger partial charge < -0.3 is 14.6 Å². The molecular weight excluding hydrogens is 391 g/mol. The summed E-state index contributed by atoms with van der Waals surface area (Å²) in [5.74, 6) is 0. The van der Waals surface area contributed by atoms with Crippen molar-refractivity contribution in [3.05, 3.63) is 28.7 Å². The number of aliphatic hydroxyl groups is 1. The molecule has 5 nitrogen and oxygen atoms in total. The number of hydrogen-bond donors (Lipinski definition) is 1. The molecule has 1 fully saturated rings. The second-order valence-electron chi connectivity index (χ2n) is 5.69. The zero-order chi connectivity index (χ0) is 17.2. The van der Waals surface area contributed by atoms with Crippen LogP contribution in [0.5, 0.6) is 0 Å². The molecule has 0 amide bonds. The quantitative estimate of drug-likeness (QED) is 0.804. The SMILES string of the molecule is CC(C)O[C@@H]1C(CO)OCC(S(=O)(=O)c2ccc(Br)cc2)[C@@H]1F. The standard InChI is InChI=1S/C15H20BrFO5S/c1-9(2)22-15-12(7-18)21-8-13(14(15)17)23(19,20)11-5-3-10(16)4-6-11/h3-6,9,12-15,18H,7-8H2,1-2H3/t12?,13?,14-,15+/m0/s1. The van der Waals surface area contributed by atoms with Crippen LogP contribution < -0.4 is 0 Å². The number of halogens is 2. The summed E-state index contributed by atoms with van der Waals surface area (Å²) in [7, 11) is -3.91. The van der Waals surface area contributed by atoms with Crippen molar-refractivity contribution in [3.63, 3.8) is 0 Å². The van der Waals surface area contributed by atoms with E-state index >= 15 is 0 Å². The number of rotatable bonds is 5. The molecule has 1 heterocycles. The number of sulfone groups is 1. The number of ether oxygens (including phenoxy) is 2. The first-order chi connectivity index (χ1) is 10.8. The Balaban J connectivity index is 2.29. The van der Waals surface area contributed by atoms with E-state index in [9.17, 15) is 17.9 Å². The maximum atomic E-state index is 14.9. The lowest BCUT2D eigenvalue weighted by Crippen LogP contribution is -2.56. The van der Waals surface area contributed by atoms with Gasteiger partial charge in [0.1, 0.15) is 23.6 Å². The van der Waals surface area contributed by atoms with Crippen LogP contribution in [-0.4, -0.2) is 56.5 Å². The van der Waals surface area contributed by atoms with E-state index in [0.717, 1.165) is 4.47 Å². The Morgan fingerprint density at radius 1 is 1.39 bits per heavy atom. The summed E-state index contributed by atoms with van der Waals surface area (Å²) in [4.78, 5) is 0.0303. The Morgan fingerprint density at radius 2 is 2.00 bits per heavy atom. The van der Waals surface area contributed by atoms with Crippen molar-refractivity contribution < 1.29 is 27.4 Å². The molecule has 0 spiro atoms. The Labute approximate surface area is 143 Å². The molecule has 1 saturated heterocycles. The van der Waals surface area contributed by atoms with Crippen LogP contribution in [0, 0.1) is 0 Å². The zero-order valence-corrected chi connectivity index (χ0v) is 15.3. The molecule has 2 rings (SSSR count). The molecule has 0 aliphatic carbocycles. The van der Waals surface area contributed by atoms with E-state index in [1.165, 1.54) is 12.1 Å². The summed E-state index contributed by atoms with van der Waals surface area (Å²) >= 11 is 3.23. The van der Waals surface area contributed by atoms with Crippen molar-refractivity contribution in [2.45, 2.75) is 48.5 Å². The molecule has 1 aliphatic rings. The summed E-state index contributed by atoms with van der Waals surface area (Å²) in [5.41, 5.74) is 0. The van der Waals surface area contributed by atoms with Crippen LogP contribution in [-0.2, 0) is 19.3 Å². The normalized spacial score (nSPS) is 29.0. The highest BCUT2D eigenvalue weighted by atomic mass is 79.9. The topological polar surface area (TPSA) is 72.8 Å². The molecule has 0 radical (unpaired) electrons. The molecule has 2 unspecified atom stereocenters. The van der Waals surface area contributed by atoms with Crippen LogP contribution in [0.25, 0.3) is 0 Å². The van der Waals surface area contributed by atoms with Crippen molar-refractivity contribution >= 4 is 25.8 Å². The minimum absolute atomic E-state index is 0.0303. The molecule has 0 saturated carbocycles. The first-order valence-corrected chi connectivity index (χ1v) is 9.62. The van der Waals surface area contributed by atoms with Gasteiger partial charge in [0.25, 0.3) is 0 Å². The number of benzene rings is 1. The second-order valence-corrected chi connectivity index (χ2v) is 8.77. The maximum Gasteiger partial charge on any atom is 0.186 e. The number of alkyl halides is 1. The molecule has 1 aliphatic heterocycles. The van der Waals surface area contributed by atoms with Crippen LogP contribution in [0.4, 0.5) is 4.39 Å². The lowest BCUT2D eigenvalue weighted by atomic mass is 10.0. The van der Waals surface area contributed by atoms with Gasteiger partial charge in [0.15, 0.2) is 9.84 Å². The fraction of sp³-hybridized carbons (Fsp3) is 0.600. The van der Waals surface area contributed by atoms with Crippen LogP contribution in [0.2, 0.25) is 0 Å². The minimum atomic E-state index is -3.91. The molecule has 23 heavy (non-hydrogen) atoms. The molecule has 1 aromatic carbocycles. The molecule has 130 valence electrons. The second kappa shape index (κ2) is 7.57. The summed E-state index contributed by atoms with van der Waals surface area (Å²) < 4.78 is 51.8. The van der Waals surface area contributed by atoms with Crippen LogP contribution in [0.3, 0.4) is 0 Å². The first kappa shape index (κ1) is 18.8. The Hall–Kier alpha value is -0.540. The first-order valence-electron chi connectivity index (χ1n) is 7.28. The van der Waals surface area contributed by atoms with E-state index < -0.39 is 40.1 Å². The minimum Gasteiger partial charge on any atom is -0.394 e. The van der Waals surface area contributed by atoms with Crippen LogP contribution >= 0.6 is 15.9 Å². The third kappa shape index (κ3) is 4.11. The summed E-state index contributed by atoms with van der Waals surface area (Å²) in [6.45, 7) is 2.69. The predicted octanol–water partition coefficient (Wildman–Crippen LogP) is 2.11.